The van der Waals surface area contributed by atoms with E-state index in [2.05, 4.69) is 0 Å². The first-order valence-electron chi connectivity index (χ1n) is 5.83. The maximum atomic E-state index is 10.0. The molecule has 0 saturated carbocycles. The van der Waals surface area contributed by atoms with Crippen molar-refractivity contribution in [1.29, 1.82) is 0 Å². The van der Waals surface area contributed by atoms with E-state index < -0.39 is 35.0 Å². The topological polar surface area (TPSA) is 161 Å². The number of carboxylic acid groups (broad SMARTS) is 2. The third-order valence-corrected chi connectivity index (χ3v) is 2.74. The average molecular weight is 334 g/mol. The maximum absolute atomic E-state index is 10.0. The van der Waals surface area contributed by atoms with E-state index in [4.69, 9.17) is 20.4 Å². The Morgan fingerprint density at radius 2 is 1.05 bits per heavy atom. The first kappa shape index (κ1) is 26.0. The number of carboxylic acids is 2. The van der Waals surface area contributed by atoms with Crippen molar-refractivity contribution in [2.24, 2.45) is 10.8 Å². The number of carbonyl (C=O) groups is 2. The second-order valence-electron chi connectivity index (χ2n) is 5.74. The van der Waals surface area contributed by atoms with Crippen LogP contribution in [-0.4, -0.2) is 95.5 Å². The molecule has 0 unspecified atom stereocenters. The van der Waals surface area contributed by atoms with Crippen molar-refractivity contribution in [1.82, 2.24) is 0 Å². The minimum absolute atomic E-state index is 0. The molecular formula is C12H22CaO8. The van der Waals surface area contributed by atoms with Gasteiger partial charge >= 0.3 is 37.7 Å². The number of rotatable bonds is 6. The summed E-state index contributed by atoms with van der Waals surface area (Å²) in [4.78, 5) is 20.1. The predicted octanol–water partition coefficient (Wildman–Crippen LogP) is -4.15. The Kier molecular flexibility index (Phi) is 13.2. The number of hydrogen-bond acceptors (Lipinski definition) is 8. The van der Waals surface area contributed by atoms with E-state index in [1.54, 1.807) is 0 Å². The number of aliphatic carboxylic acids is 2. The Morgan fingerprint density at radius 3 is 1.10 bits per heavy atom. The molecule has 21 heavy (non-hydrogen) atoms. The first-order valence-corrected chi connectivity index (χ1v) is 5.83. The summed E-state index contributed by atoms with van der Waals surface area (Å²) in [7, 11) is 0. The van der Waals surface area contributed by atoms with Gasteiger partial charge in [0.25, 0.3) is 0 Å². The van der Waals surface area contributed by atoms with Crippen LogP contribution in [0.15, 0.2) is 0 Å². The van der Waals surface area contributed by atoms with E-state index in [9.17, 15) is 19.8 Å². The molecule has 0 aromatic rings. The van der Waals surface area contributed by atoms with E-state index >= 15 is 0 Å². The zero-order valence-corrected chi connectivity index (χ0v) is 14.9. The summed E-state index contributed by atoms with van der Waals surface area (Å²) in [5.41, 5.74) is -2.06. The van der Waals surface area contributed by atoms with Crippen LogP contribution in [0.1, 0.15) is 27.7 Å². The smallest absolute Gasteiger partial charge is 0.547 e. The van der Waals surface area contributed by atoms with Crippen LogP contribution in [0.2, 0.25) is 0 Å². The summed E-state index contributed by atoms with van der Waals surface area (Å²) in [6.45, 7) is 4.98. The molecule has 0 radical (unpaired) electrons. The summed E-state index contributed by atoms with van der Waals surface area (Å²) in [5, 5.41) is 54.9. The van der Waals surface area contributed by atoms with Crippen molar-refractivity contribution < 1.29 is 40.2 Å². The third kappa shape index (κ3) is 9.62. The molecule has 0 rings (SSSR count). The molecule has 0 aromatic heterocycles. The largest absolute Gasteiger partial charge is 2.00 e. The normalized spacial score (nSPS) is 14.1. The predicted molar refractivity (Wildman–Crippen MR) is 69.5 cm³/mol. The third-order valence-electron chi connectivity index (χ3n) is 2.74. The molecule has 0 aliphatic rings. The first-order chi connectivity index (χ1) is 8.83. The molecule has 0 fully saturated rings. The molecule has 0 aromatic carbocycles. The molecule has 0 bridgehead atoms. The van der Waals surface area contributed by atoms with E-state index in [1.807, 2.05) is 0 Å². The van der Waals surface area contributed by atoms with Gasteiger partial charge in [-0.05, 0) is 0 Å². The van der Waals surface area contributed by atoms with Gasteiger partial charge in [0.2, 0.25) is 0 Å². The Balaban J connectivity index is -0.000000295. The zero-order valence-electron chi connectivity index (χ0n) is 12.7. The van der Waals surface area contributed by atoms with Gasteiger partial charge in [0, 0.05) is 10.8 Å². The fraction of sp³-hybridized carbons (Fsp3) is 0.833. The summed E-state index contributed by atoms with van der Waals surface area (Å²) in [6, 6.07) is 0. The SMILES string of the molecule is CC(C)(CO)[C@@H](O)C(=O)[O-].CC(C)(CO)[C@@H](O)C(=O)[O-].[Ca+2]. The van der Waals surface area contributed by atoms with Crippen molar-refractivity contribution in [3.8, 4) is 0 Å². The van der Waals surface area contributed by atoms with Crippen LogP contribution in [0.4, 0.5) is 0 Å². The quantitative estimate of drug-likeness (QED) is 0.356. The number of carbonyl (C=O) groups excluding carboxylic acids is 2. The molecule has 2 atom stereocenters. The van der Waals surface area contributed by atoms with E-state index in [0.717, 1.165) is 0 Å². The molecular weight excluding hydrogens is 312 g/mol. The van der Waals surface area contributed by atoms with Crippen LogP contribution in [0, 0.1) is 10.8 Å². The maximum Gasteiger partial charge on any atom is 2.00 e. The Labute approximate surface area is 153 Å². The van der Waals surface area contributed by atoms with Gasteiger partial charge in [-0.1, -0.05) is 27.7 Å². The number of aliphatic hydroxyl groups excluding tert-OH is 4. The van der Waals surface area contributed by atoms with Crippen molar-refractivity contribution >= 4 is 49.7 Å². The number of hydrogen-bond donors (Lipinski definition) is 4. The molecule has 120 valence electrons. The van der Waals surface area contributed by atoms with Crippen LogP contribution in [0.25, 0.3) is 0 Å². The Morgan fingerprint density at radius 1 is 0.857 bits per heavy atom. The van der Waals surface area contributed by atoms with Crippen LogP contribution in [-0.2, 0) is 9.59 Å². The Bertz CT molecular complexity index is 297. The molecule has 0 spiro atoms. The summed E-state index contributed by atoms with van der Waals surface area (Å²) < 4.78 is 0. The van der Waals surface area contributed by atoms with Gasteiger partial charge in [-0.25, -0.2) is 0 Å². The second kappa shape index (κ2) is 10.7. The monoisotopic (exact) mass is 334 g/mol. The number of aliphatic hydroxyl groups is 4. The standard InChI is InChI=1S/2C6H12O4.Ca/c2*1-6(2,3-7)4(8)5(9)10;/h2*4,7-8H,3H2,1-2H3,(H,9,10);/q;;+2/p-2/t2*4-;/m00./s1. The molecule has 0 heterocycles. The van der Waals surface area contributed by atoms with Gasteiger partial charge < -0.3 is 40.2 Å². The summed E-state index contributed by atoms with van der Waals surface area (Å²) in [6.07, 6.45) is -3.23. The van der Waals surface area contributed by atoms with Crippen molar-refractivity contribution in [2.75, 3.05) is 13.2 Å². The zero-order chi connectivity index (χ0) is 16.7. The van der Waals surface area contributed by atoms with Crippen molar-refractivity contribution in [3.05, 3.63) is 0 Å². The molecule has 4 N–H and O–H groups in total. The fourth-order valence-corrected chi connectivity index (χ4v) is 0.811. The van der Waals surface area contributed by atoms with Gasteiger partial charge in [0.15, 0.2) is 0 Å². The minimum Gasteiger partial charge on any atom is -0.547 e. The molecule has 0 saturated heterocycles. The van der Waals surface area contributed by atoms with Gasteiger partial charge in [-0.15, -0.1) is 0 Å². The van der Waals surface area contributed by atoms with E-state index in [1.165, 1.54) is 27.7 Å². The Hall–Kier alpha value is 0.0397. The van der Waals surface area contributed by atoms with E-state index in [-0.39, 0.29) is 51.0 Å². The fourth-order valence-electron chi connectivity index (χ4n) is 0.811. The van der Waals surface area contributed by atoms with Crippen molar-refractivity contribution in [2.45, 2.75) is 39.9 Å². The molecule has 0 aliphatic heterocycles. The van der Waals surface area contributed by atoms with Crippen LogP contribution in [0.5, 0.6) is 0 Å². The van der Waals surface area contributed by atoms with Crippen LogP contribution in [0.3, 0.4) is 0 Å². The molecule has 8 nitrogen and oxygen atoms in total. The van der Waals surface area contributed by atoms with Gasteiger partial charge in [0.1, 0.15) is 12.2 Å². The minimum atomic E-state index is -1.61. The van der Waals surface area contributed by atoms with Crippen molar-refractivity contribution in [3.63, 3.8) is 0 Å². The van der Waals surface area contributed by atoms with Gasteiger partial charge in [-0.2, -0.15) is 0 Å². The average Bonchev–Trinajstić information content (AvgIpc) is 2.37. The van der Waals surface area contributed by atoms with E-state index in [0.29, 0.717) is 0 Å². The van der Waals surface area contributed by atoms with Gasteiger partial charge in [0.05, 0.1) is 25.2 Å². The summed E-state index contributed by atoms with van der Waals surface area (Å²) in [5.74, 6) is -3.11. The van der Waals surface area contributed by atoms with Crippen LogP contribution >= 0.6 is 0 Å². The summed E-state index contributed by atoms with van der Waals surface area (Å²) >= 11 is 0. The van der Waals surface area contributed by atoms with Crippen LogP contribution < -0.4 is 10.2 Å². The van der Waals surface area contributed by atoms with Gasteiger partial charge in [-0.3, -0.25) is 0 Å². The second-order valence-corrected chi connectivity index (χ2v) is 5.74. The molecule has 0 aliphatic carbocycles. The molecule has 9 heteroatoms. The molecule has 0 amide bonds.